The van der Waals surface area contributed by atoms with Crippen LogP contribution in [0.3, 0.4) is 0 Å². The minimum Gasteiger partial charge on any atom is -0.379 e. The largest absolute Gasteiger partial charge is 0.379 e. The molecule has 1 atom stereocenters. The van der Waals surface area contributed by atoms with Gasteiger partial charge >= 0.3 is 6.03 Å². The van der Waals surface area contributed by atoms with Crippen molar-refractivity contribution in [2.45, 2.75) is 32.7 Å². The van der Waals surface area contributed by atoms with Gasteiger partial charge in [0.05, 0.1) is 12.6 Å². The van der Waals surface area contributed by atoms with Crippen LogP contribution in [0.25, 0.3) is 0 Å². The highest BCUT2D eigenvalue weighted by Gasteiger charge is 2.18. The summed E-state index contributed by atoms with van der Waals surface area (Å²) >= 11 is 0. The second-order valence-electron chi connectivity index (χ2n) is 4.62. The van der Waals surface area contributed by atoms with Crippen molar-refractivity contribution in [1.29, 1.82) is 0 Å². The molecule has 1 aromatic rings. The van der Waals surface area contributed by atoms with Crippen molar-refractivity contribution in [2.75, 3.05) is 18.5 Å². The Hall–Kier alpha value is -1.55. The number of hydrogen-bond donors (Lipinski definition) is 2. The van der Waals surface area contributed by atoms with E-state index in [4.69, 9.17) is 4.74 Å². The summed E-state index contributed by atoms with van der Waals surface area (Å²) in [6.45, 7) is 5.44. The molecule has 0 spiro atoms. The number of urea groups is 1. The van der Waals surface area contributed by atoms with Crippen molar-refractivity contribution >= 4 is 11.7 Å². The lowest BCUT2D eigenvalue weighted by atomic mass is 10.1. The van der Waals surface area contributed by atoms with Crippen LogP contribution in [0, 0.1) is 6.92 Å². The van der Waals surface area contributed by atoms with Gasteiger partial charge in [-0.2, -0.15) is 0 Å². The maximum Gasteiger partial charge on any atom is 0.319 e. The summed E-state index contributed by atoms with van der Waals surface area (Å²) in [7, 11) is 0. The Bertz CT molecular complexity index is 426. The van der Waals surface area contributed by atoms with Crippen LogP contribution < -0.4 is 10.6 Å². The van der Waals surface area contributed by atoms with Crippen LogP contribution in [-0.2, 0) is 11.2 Å². The molecule has 2 rings (SSSR count). The van der Waals surface area contributed by atoms with Crippen molar-refractivity contribution in [3.05, 3.63) is 29.3 Å². The molecule has 1 aromatic carbocycles. The average Bonchev–Trinajstić information content (AvgIpc) is 2.84. The first-order valence-corrected chi connectivity index (χ1v) is 6.44. The third-order valence-electron chi connectivity index (χ3n) is 3.24. The van der Waals surface area contributed by atoms with E-state index in [1.54, 1.807) is 0 Å². The summed E-state index contributed by atoms with van der Waals surface area (Å²) in [5, 5.41) is 5.88. The Morgan fingerprint density at radius 2 is 2.33 bits per heavy atom. The van der Waals surface area contributed by atoms with Gasteiger partial charge in [0, 0.05) is 12.3 Å². The minimum atomic E-state index is -0.144. The zero-order valence-electron chi connectivity index (χ0n) is 11.0. The molecule has 1 unspecified atom stereocenters. The van der Waals surface area contributed by atoms with Gasteiger partial charge in [-0.3, -0.25) is 0 Å². The Labute approximate surface area is 108 Å². The molecule has 1 saturated heterocycles. The molecule has 98 valence electrons. The number of para-hydroxylation sites is 1. The molecule has 18 heavy (non-hydrogen) atoms. The second-order valence-corrected chi connectivity index (χ2v) is 4.62. The van der Waals surface area contributed by atoms with Gasteiger partial charge in [-0.25, -0.2) is 4.79 Å². The Morgan fingerprint density at radius 3 is 3.00 bits per heavy atom. The minimum absolute atomic E-state index is 0.138. The highest BCUT2D eigenvalue weighted by atomic mass is 16.5. The molecular weight excluding hydrogens is 228 g/mol. The van der Waals surface area contributed by atoms with Crippen LogP contribution in [0.15, 0.2) is 18.2 Å². The SMILES string of the molecule is CCc1cccc(C)c1NC(=O)NC1CCOC1. The van der Waals surface area contributed by atoms with Crippen molar-refractivity contribution < 1.29 is 9.53 Å². The molecule has 4 heteroatoms. The van der Waals surface area contributed by atoms with Crippen molar-refractivity contribution in [2.24, 2.45) is 0 Å². The van der Waals surface area contributed by atoms with Gasteiger partial charge in [-0.1, -0.05) is 25.1 Å². The van der Waals surface area contributed by atoms with Crippen LogP contribution >= 0.6 is 0 Å². The fraction of sp³-hybridized carbons (Fsp3) is 0.500. The molecule has 2 amide bonds. The van der Waals surface area contributed by atoms with E-state index in [9.17, 15) is 4.79 Å². The first kappa shape index (κ1) is 12.9. The molecule has 0 aromatic heterocycles. The molecule has 1 aliphatic rings. The van der Waals surface area contributed by atoms with Crippen molar-refractivity contribution in [3.8, 4) is 0 Å². The zero-order chi connectivity index (χ0) is 13.0. The maximum atomic E-state index is 11.9. The van der Waals surface area contributed by atoms with Crippen molar-refractivity contribution in [3.63, 3.8) is 0 Å². The first-order valence-electron chi connectivity index (χ1n) is 6.44. The summed E-state index contributed by atoms with van der Waals surface area (Å²) in [5.74, 6) is 0. The molecule has 1 heterocycles. The number of carbonyl (C=O) groups excluding carboxylic acids is 1. The molecule has 0 saturated carbocycles. The van der Waals surface area contributed by atoms with E-state index in [0.29, 0.717) is 6.61 Å². The number of amides is 2. The zero-order valence-corrected chi connectivity index (χ0v) is 11.0. The number of nitrogens with one attached hydrogen (secondary N) is 2. The number of carbonyl (C=O) groups is 1. The van der Waals surface area contributed by atoms with Gasteiger partial charge in [0.2, 0.25) is 0 Å². The predicted molar refractivity (Wildman–Crippen MR) is 71.9 cm³/mol. The molecular formula is C14H20N2O2. The molecule has 1 fully saturated rings. The van der Waals surface area contributed by atoms with Crippen LogP contribution in [0.2, 0.25) is 0 Å². The quantitative estimate of drug-likeness (QED) is 0.863. The lowest BCUT2D eigenvalue weighted by molar-refractivity contribution is 0.189. The predicted octanol–water partition coefficient (Wildman–Crippen LogP) is 2.47. The smallest absolute Gasteiger partial charge is 0.319 e. The topological polar surface area (TPSA) is 50.4 Å². The lowest BCUT2D eigenvalue weighted by Gasteiger charge is -2.15. The van der Waals surface area contributed by atoms with E-state index in [-0.39, 0.29) is 12.1 Å². The van der Waals surface area contributed by atoms with E-state index in [1.807, 2.05) is 25.1 Å². The van der Waals surface area contributed by atoms with Gasteiger partial charge in [-0.15, -0.1) is 0 Å². The monoisotopic (exact) mass is 248 g/mol. The van der Waals surface area contributed by atoms with Crippen LogP contribution in [0.4, 0.5) is 10.5 Å². The lowest BCUT2D eigenvalue weighted by Crippen LogP contribution is -2.38. The van der Waals surface area contributed by atoms with Gasteiger partial charge in [-0.05, 0) is 30.9 Å². The number of ether oxygens (including phenoxy) is 1. The Balaban J connectivity index is 2.01. The summed E-state index contributed by atoms with van der Waals surface area (Å²) in [6.07, 6.45) is 1.80. The van der Waals surface area contributed by atoms with Crippen LogP contribution in [0.5, 0.6) is 0 Å². The van der Waals surface area contributed by atoms with E-state index in [1.165, 1.54) is 0 Å². The first-order chi connectivity index (χ1) is 8.70. The van der Waals surface area contributed by atoms with Crippen molar-refractivity contribution in [1.82, 2.24) is 5.32 Å². The molecule has 0 radical (unpaired) electrons. The van der Waals surface area contributed by atoms with Gasteiger partial charge in [0.15, 0.2) is 0 Å². The van der Waals surface area contributed by atoms with E-state index in [0.717, 1.165) is 36.3 Å². The van der Waals surface area contributed by atoms with Gasteiger partial charge < -0.3 is 15.4 Å². The Morgan fingerprint density at radius 1 is 1.50 bits per heavy atom. The summed E-state index contributed by atoms with van der Waals surface area (Å²) in [5.41, 5.74) is 3.18. The number of rotatable bonds is 3. The standard InChI is InChI=1S/C14H20N2O2/c1-3-11-6-4-5-10(2)13(11)16-14(17)15-12-7-8-18-9-12/h4-6,12H,3,7-9H2,1-2H3,(H2,15,16,17). The normalized spacial score (nSPS) is 18.7. The second kappa shape index (κ2) is 5.87. The Kier molecular flexibility index (Phi) is 4.20. The van der Waals surface area contributed by atoms with E-state index >= 15 is 0 Å². The highest BCUT2D eigenvalue weighted by Crippen LogP contribution is 2.21. The van der Waals surface area contributed by atoms with Crippen LogP contribution in [0.1, 0.15) is 24.5 Å². The molecule has 4 nitrogen and oxygen atoms in total. The highest BCUT2D eigenvalue weighted by molar-refractivity contribution is 5.91. The van der Waals surface area contributed by atoms with Gasteiger partial charge in [0.25, 0.3) is 0 Å². The number of anilines is 1. The molecule has 0 bridgehead atoms. The number of hydrogen-bond acceptors (Lipinski definition) is 2. The number of aryl methyl sites for hydroxylation is 2. The summed E-state index contributed by atoms with van der Waals surface area (Å²) < 4.78 is 5.23. The van der Waals surface area contributed by atoms with E-state index in [2.05, 4.69) is 17.6 Å². The van der Waals surface area contributed by atoms with E-state index < -0.39 is 0 Å². The molecule has 0 aliphatic carbocycles. The molecule has 1 aliphatic heterocycles. The fourth-order valence-corrected chi connectivity index (χ4v) is 2.19. The maximum absolute atomic E-state index is 11.9. The van der Waals surface area contributed by atoms with Gasteiger partial charge in [0.1, 0.15) is 0 Å². The fourth-order valence-electron chi connectivity index (χ4n) is 2.19. The average molecular weight is 248 g/mol. The summed E-state index contributed by atoms with van der Waals surface area (Å²) in [4.78, 5) is 11.9. The summed E-state index contributed by atoms with van der Waals surface area (Å²) in [6, 6.07) is 6.06. The third kappa shape index (κ3) is 3.01. The number of benzene rings is 1. The molecule has 2 N–H and O–H groups in total. The van der Waals surface area contributed by atoms with Crippen LogP contribution in [-0.4, -0.2) is 25.3 Å². The third-order valence-corrected chi connectivity index (χ3v) is 3.24.